The molecule has 1 heterocycles. The van der Waals surface area contributed by atoms with Crippen molar-refractivity contribution in [2.45, 2.75) is 32.1 Å². The van der Waals surface area contributed by atoms with Crippen LogP contribution in [0.3, 0.4) is 0 Å². The van der Waals surface area contributed by atoms with Crippen molar-refractivity contribution < 1.29 is 5.11 Å². The SMILES string of the molecule is Oc1c(CCN2CCNCC2)cc2c(c1Cl)CCCC2. The predicted molar refractivity (Wildman–Crippen MR) is 82.8 cm³/mol. The van der Waals surface area contributed by atoms with Crippen LogP contribution >= 0.6 is 11.6 Å². The summed E-state index contributed by atoms with van der Waals surface area (Å²) in [7, 11) is 0. The van der Waals surface area contributed by atoms with Crippen LogP contribution in [0.15, 0.2) is 6.07 Å². The lowest BCUT2D eigenvalue weighted by molar-refractivity contribution is 0.243. The Bertz CT molecular complexity index is 484. The van der Waals surface area contributed by atoms with Gasteiger partial charge in [-0.05, 0) is 48.8 Å². The fraction of sp³-hybridized carbons (Fsp3) is 0.625. The van der Waals surface area contributed by atoms with Gasteiger partial charge in [0.25, 0.3) is 0 Å². The molecule has 3 rings (SSSR count). The zero-order valence-electron chi connectivity index (χ0n) is 11.9. The normalized spacial score (nSPS) is 19.9. The molecule has 0 radical (unpaired) electrons. The third-order valence-corrected chi connectivity index (χ3v) is 4.95. The van der Waals surface area contributed by atoms with Gasteiger partial charge in [-0.25, -0.2) is 0 Å². The monoisotopic (exact) mass is 294 g/mol. The fourth-order valence-corrected chi connectivity index (χ4v) is 3.64. The molecule has 1 fully saturated rings. The van der Waals surface area contributed by atoms with E-state index in [0.29, 0.717) is 10.8 Å². The second-order valence-electron chi connectivity index (χ2n) is 5.88. The molecule has 1 aliphatic heterocycles. The molecule has 0 aromatic heterocycles. The fourth-order valence-electron chi connectivity index (χ4n) is 3.31. The van der Waals surface area contributed by atoms with Crippen molar-refractivity contribution in [3.8, 4) is 5.75 Å². The van der Waals surface area contributed by atoms with E-state index in [9.17, 15) is 5.11 Å². The molecule has 4 heteroatoms. The zero-order chi connectivity index (χ0) is 13.9. The van der Waals surface area contributed by atoms with Crippen LogP contribution in [-0.2, 0) is 19.3 Å². The standard InChI is InChI=1S/C16H23ClN2O/c17-15-14-4-2-1-3-12(14)11-13(16(15)20)5-8-19-9-6-18-7-10-19/h11,18,20H,1-10H2. The Kier molecular flexibility index (Phi) is 4.49. The van der Waals surface area contributed by atoms with E-state index in [2.05, 4.69) is 16.3 Å². The van der Waals surface area contributed by atoms with E-state index in [0.717, 1.165) is 57.5 Å². The first-order valence-electron chi connectivity index (χ1n) is 7.71. The summed E-state index contributed by atoms with van der Waals surface area (Å²) in [6.45, 7) is 5.33. The number of nitrogens with zero attached hydrogens (tertiary/aromatic N) is 1. The summed E-state index contributed by atoms with van der Waals surface area (Å²) in [4.78, 5) is 2.45. The van der Waals surface area contributed by atoms with Crippen molar-refractivity contribution in [1.82, 2.24) is 10.2 Å². The van der Waals surface area contributed by atoms with E-state index >= 15 is 0 Å². The van der Waals surface area contributed by atoms with E-state index in [1.165, 1.54) is 24.0 Å². The van der Waals surface area contributed by atoms with Gasteiger partial charge in [0.1, 0.15) is 5.75 Å². The van der Waals surface area contributed by atoms with Gasteiger partial charge in [-0.2, -0.15) is 0 Å². The average Bonchev–Trinajstić information content (AvgIpc) is 2.50. The number of benzene rings is 1. The summed E-state index contributed by atoms with van der Waals surface area (Å²) in [5.41, 5.74) is 3.56. The summed E-state index contributed by atoms with van der Waals surface area (Å²) in [6.07, 6.45) is 5.44. The third kappa shape index (κ3) is 2.95. The molecule has 1 aromatic rings. The van der Waals surface area contributed by atoms with E-state index in [4.69, 9.17) is 11.6 Å². The Morgan fingerprint density at radius 1 is 1.20 bits per heavy atom. The maximum Gasteiger partial charge on any atom is 0.137 e. The maximum atomic E-state index is 10.3. The van der Waals surface area contributed by atoms with Gasteiger partial charge >= 0.3 is 0 Å². The van der Waals surface area contributed by atoms with Crippen molar-refractivity contribution in [1.29, 1.82) is 0 Å². The van der Waals surface area contributed by atoms with Crippen LogP contribution in [0.5, 0.6) is 5.75 Å². The molecular formula is C16H23ClN2O. The highest BCUT2D eigenvalue weighted by Crippen LogP contribution is 2.37. The summed E-state index contributed by atoms with van der Waals surface area (Å²) >= 11 is 6.36. The molecule has 110 valence electrons. The average molecular weight is 295 g/mol. The lowest BCUT2D eigenvalue weighted by Gasteiger charge is -2.27. The molecular weight excluding hydrogens is 272 g/mol. The second-order valence-corrected chi connectivity index (χ2v) is 6.26. The van der Waals surface area contributed by atoms with Crippen molar-refractivity contribution in [2.24, 2.45) is 0 Å². The Morgan fingerprint density at radius 3 is 2.75 bits per heavy atom. The molecule has 1 aliphatic carbocycles. The van der Waals surface area contributed by atoms with Gasteiger partial charge in [0.15, 0.2) is 0 Å². The number of piperazine rings is 1. The first kappa shape index (κ1) is 14.2. The highest BCUT2D eigenvalue weighted by molar-refractivity contribution is 6.33. The lowest BCUT2D eigenvalue weighted by Crippen LogP contribution is -2.44. The number of hydrogen-bond acceptors (Lipinski definition) is 3. The molecule has 3 nitrogen and oxygen atoms in total. The molecule has 1 aromatic carbocycles. The van der Waals surface area contributed by atoms with Gasteiger partial charge < -0.3 is 15.3 Å². The number of aromatic hydroxyl groups is 1. The smallest absolute Gasteiger partial charge is 0.137 e. The van der Waals surface area contributed by atoms with E-state index in [1.54, 1.807) is 0 Å². The van der Waals surface area contributed by atoms with Crippen LogP contribution < -0.4 is 5.32 Å². The minimum Gasteiger partial charge on any atom is -0.506 e. The van der Waals surface area contributed by atoms with Crippen LogP contribution in [-0.4, -0.2) is 42.7 Å². The van der Waals surface area contributed by atoms with E-state index < -0.39 is 0 Å². The minimum absolute atomic E-state index is 0.322. The van der Waals surface area contributed by atoms with Gasteiger partial charge in [0.05, 0.1) is 5.02 Å². The molecule has 1 saturated heterocycles. The maximum absolute atomic E-state index is 10.3. The number of halogens is 1. The Hall–Kier alpha value is -0.770. The second kappa shape index (κ2) is 6.33. The first-order chi connectivity index (χ1) is 9.75. The molecule has 0 bridgehead atoms. The quantitative estimate of drug-likeness (QED) is 0.898. The van der Waals surface area contributed by atoms with Gasteiger partial charge in [0, 0.05) is 32.7 Å². The van der Waals surface area contributed by atoms with Crippen molar-refractivity contribution in [2.75, 3.05) is 32.7 Å². The van der Waals surface area contributed by atoms with Crippen LogP contribution in [0.4, 0.5) is 0 Å². The summed E-state index contributed by atoms with van der Waals surface area (Å²) in [6, 6.07) is 2.19. The van der Waals surface area contributed by atoms with E-state index in [1.807, 2.05) is 0 Å². The Balaban J connectivity index is 1.73. The number of phenolic OH excluding ortho intramolecular Hbond substituents is 1. The van der Waals surface area contributed by atoms with Crippen LogP contribution in [0, 0.1) is 0 Å². The minimum atomic E-state index is 0.322. The third-order valence-electron chi connectivity index (χ3n) is 4.54. The number of phenols is 1. The highest BCUT2D eigenvalue weighted by Gasteiger charge is 2.19. The van der Waals surface area contributed by atoms with Gasteiger partial charge in [-0.1, -0.05) is 17.7 Å². The molecule has 0 amide bonds. The molecule has 0 atom stereocenters. The largest absolute Gasteiger partial charge is 0.506 e. The highest BCUT2D eigenvalue weighted by atomic mass is 35.5. The molecule has 20 heavy (non-hydrogen) atoms. The first-order valence-corrected chi connectivity index (χ1v) is 8.08. The number of nitrogens with one attached hydrogen (secondary N) is 1. The van der Waals surface area contributed by atoms with E-state index in [-0.39, 0.29) is 0 Å². The van der Waals surface area contributed by atoms with Gasteiger partial charge in [0.2, 0.25) is 0 Å². The number of rotatable bonds is 3. The van der Waals surface area contributed by atoms with Crippen LogP contribution in [0.2, 0.25) is 5.02 Å². The molecule has 0 saturated carbocycles. The molecule has 0 unspecified atom stereocenters. The Morgan fingerprint density at radius 2 is 1.95 bits per heavy atom. The molecule has 2 N–H and O–H groups in total. The van der Waals surface area contributed by atoms with Crippen molar-refractivity contribution in [3.63, 3.8) is 0 Å². The van der Waals surface area contributed by atoms with Gasteiger partial charge in [-0.3, -0.25) is 0 Å². The lowest BCUT2D eigenvalue weighted by atomic mass is 9.89. The van der Waals surface area contributed by atoms with Crippen molar-refractivity contribution in [3.05, 3.63) is 27.8 Å². The number of aryl methyl sites for hydroxylation is 1. The van der Waals surface area contributed by atoms with Crippen LogP contribution in [0.1, 0.15) is 29.5 Å². The predicted octanol–water partition coefficient (Wildman–Crippen LogP) is 2.37. The molecule has 2 aliphatic rings. The summed E-state index contributed by atoms with van der Waals surface area (Å²) < 4.78 is 0. The van der Waals surface area contributed by atoms with Gasteiger partial charge in [-0.15, -0.1) is 0 Å². The summed E-state index contributed by atoms with van der Waals surface area (Å²) in [5, 5.41) is 14.3. The Labute approximate surface area is 125 Å². The van der Waals surface area contributed by atoms with Crippen molar-refractivity contribution >= 4 is 11.6 Å². The number of fused-ring (bicyclic) bond motifs is 1. The molecule has 0 spiro atoms. The van der Waals surface area contributed by atoms with Crippen LogP contribution in [0.25, 0.3) is 0 Å². The topological polar surface area (TPSA) is 35.5 Å². The number of hydrogen-bond donors (Lipinski definition) is 2. The summed E-state index contributed by atoms with van der Waals surface area (Å²) in [5.74, 6) is 0.322. The zero-order valence-corrected chi connectivity index (χ0v) is 12.7.